The number of amides is 1. The topological polar surface area (TPSA) is 110 Å². The van der Waals surface area contributed by atoms with Crippen molar-refractivity contribution in [2.24, 2.45) is 7.05 Å². The van der Waals surface area contributed by atoms with E-state index in [1.54, 1.807) is 37.5 Å². The van der Waals surface area contributed by atoms with Gasteiger partial charge in [-0.2, -0.15) is 0 Å². The number of sulfone groups is 1. The van der Waals surface area contributed by atoms with E-state index in [9.17, 15) is 18.0 Å². The van der Waals surface area contributed by atoms with Gasteiger partial charge in [0.2, 0.25) is 0 Å². The molecular weight excluding hydrogens is 490 g/mol. The van der Waals surface area contributed by atoms with Crippen molar-refractivity contribution in [3.8, 4) is 22.6 Å². The summed E-state index contributed by atoms with van der Waals surface area (Å²) in [6.07, 6.45) is 2.95. The summed E-state index contributed by atoms with van der Waals surface area (Å²) in [6, 6.07) is 12.3. The highest BCUT2D eigenvalue weighted by molar-refractivity contribution is 7.92. The molecule has 2 aromatic carbocycles. The molecular formula is C28H29N3O5S. The maximum absolute atomic E-state index is 13.2. The fourth-order valence-electron chi connectivity index (χ4n) is 4.55. The van der Waals surface area contributed by atoms with Crippen LogP contribution >= 0.6 is 0 Å². The van der Waals surface area contributed by atoms with Gasteiger partial charge in [-0.25, -0.2) is 8.42 Å². The molecule has 1 aliphatic carbocycles. The van der Waals surface area contributed by atoms with E-state index in [4.69, 9.17) is 4.74 Å². The van der Waals surface area contributed by atoms with Crippen LogP contribution in [-0.4, -0.2) is 35.7 Å². The van der Waals surface area contributed by atoms with Crippen molar-refractivity contribution in [3.05, 3.63) is 75.8 Å². The average Bonchev–Trinajstić information content (AvgIpc) is 3.63. The number of nitrogens with zero attached hydrogens (tertiary/aromatic N) is 1. The zero-order chi connectivity index (χ0) is 26.5. The Morgan fingerprint density at radius 3 is 2.46 bits per heavy atom. The molecule has 9 heteroatoms. The van der Waals surface area contributed by atoms with Gasteiger partial charge in [0.15, 0.2) is 9.84 Å². The molecule has 8 nitrogen and oxygen atoms in total. The molecule has 0 aliphatic heterocycles. The van der Waals surface area contributed by atoms with Crippen molar-refractivity contribution in [1.82, 2.24) is 14.9 Å². The minimum Gasteiger partial charge on any atom is -0.456 e. The molecule has 0 bridgehead atoms. The van der Waals surface area contributed by atoms with E-state index in [0.717, 1.165) is 11.1 Å². The molecule has 1 fully saturated rings. The summed E-state index contributed by atoms with van der Waals surface area (Å²) in [5.41, 5.74) is 3.19. The first-order chi connectivity index (χ1) is 17.6. The van der Waals surface area contributed by atoms with Crippen molar-refractivity contribution in [1.29, 1.82) is 0 Å². The number of carbonyl (C=O) groups excluding carboxylic acids is 1. The number of nitrogens with one attached hydrogen (secondary N) is 2. The number of aromatic nitrogens is 2. The molecule has 37 heavy (non-hydrogen) atoms. The minimum absolute atomic E-state index is 0.209. The van der Waals surface area contributed by atoms with Gasteiger partial charge in [-0.3, -0.25) is 9.59 Å². The first kappa shape index (κ1) is 24.8. The lowest BCUT2D eigenvalue weighted by molar-refractivity contribution is 0.0951. The molecule has 0 unspecified atom stereocenters. The highest BCUT2D eigenvalue weighted by atomic mass is 32.2. The summed E-state index contributed by atoms with van der Waals surface area (Å²) in [5, 5.41) is 2.88. The Hall–Kier alpha value is -3.85. The molecule has 192 valence electrons. The number of aryl methyl sites for hydroxylation is 3. The number of H-pyrrole nitrogens is 1. The third-order valence-corrected chi connectivity index (χ3v) is 8.96. The third kappa shape index (κ3) is 4.44. The average molecular weight is 520 g/mol. The van der Waals surface area contributed by atoms with Crippen molar-refractivity contribution in [2.45, 2.75) is 43.8 Å². The number of ether oxygens (including phenoxy) is 1. The molecule has 1 amide bonds. The van der Waals surface area contributed by atoms with E-state index < -0.39 is 9.84 Å². The molecule has 0 radical (unpaired) electrons. The van der Waals surface area contributed by atoms with Crippen LogP contribution in [0.25, 0.3) is 22.0 Å². The van der Waals surface area contributed by atoms with Crippen molar-refractivity contribution < 1.29 is 17.9 Å². The molecule has 5 rings (SSSR count). The van der Waals surface area contributed by atoms with Crippen molar-refractivity contribution in [3.63, 3.8) is 0 Å². The summed E-state index contributed by atoms with van der Waals surface area (Å²) in [7, 11) is -1.87. The molecule has 2 heterocycles. The van der Waals surface area contributed by atoms with Gasteiger partial charge in [0.05, 0.1) is 10.1 Å². The van der Waals surface area contributed by atoms with Gasteiger partial charge in [-0.15, -0.1) is 0 Å². The SMILES string of the molecule is CCNC(=O)c1cc2c(-c3cc(S(=O)(=O)C4CC4)ccc3Oc3c(C)cccc3C)cn(C)c(=O)c2[nH]1. The number of para-hydroxylation sites is 1. The molecule has 1 aliphatic rings. The summed E-state index contributed by atoms with van der Waals surface area (Å²) >= 11 is 0. The largest absolute Gasteiger partial charge is 0.456 e. The van der Waals surface area contributed by atoms with Gasteiger partial charge in [0.1, 0.15) is 22.7 Å². The number of pyridine rings is 1. The van der Waals surface area contributed by atoms with Gasteiger partial charge < -0.3 is 19.6 Å². The minimum atomic E-state index is -3.49. The number of benzene rings is 2. The summed E-state index contributed by atoms with van der Waals surface area (Å²) in [6.45, 7) is 6.15. The van der Waals surface area contributed by atoms with Gasteiger partial charge in [-0.1, -0.05) is 18.2 Å². The summed E-state index contributed by atoms with van der Waals surface area (Å²) in [4.78, 5) is 28.7. The number of aromatic amines is 1. The van der Waals surface area contributed by atoms with Gasteiger partial charge in [-0.05, 0) is 69.0 Å². The highest BCUT2D eigenvalue weighted by Gasteiger charge is 2.37. The van der Waals surface area contributed by atoms with Gasteiger partial charge >= 0.3 is 0 Å². The van der Waals surface area contributed by atoms with E-state index >= 15 is 0 Å². The van der Waals surface area contributed by atoms with Gasteiger partial charge in [0, 0.05) is 36.3 Å². The normalized spacial score (nSPS) is 13.6. The fraction of sp³-hybridized carbons (Fsp3) is 0.286. The lowest BCUT2D eigenvalue weighted by Gasteiger charge is -2.17. The van der Waals surface area contributed by atoms with Crippen molar-refractivity contribution in [2.75, 3.05) is 6.54 Å². The number of carbonyl (C=O) groups is 1. The lowest BCUT2D eigenvalue weighted by Crippen LogP contribution is -2.23. The van der Waals surface area contributed by atoms with Crippen LogP contribution < -0.4 is 15.6 Å². The highest BCUT2D eigenvalue weighted by Crippen LogP contribution is 2.42. The Morgan fingerprint density at radius 1 is 1.11 bits per heavy atom. The van der Waals surface area contributed by atoms with E-state index in [1.807, 2.05) is 39.0 Å². The molecule has 2 aromatic heterocycles. The predicted octanol–water partition coefficient (Wildman–Crippen LogP) is 4.63. The standard InChI is InChI=1S/C28H29N3O5S/c1-5-29-27(32)23-14-21-22(15-31(4)28(33)25(21)30-23)20-13-19(37(34,35)18-9-10-18)11-12-24(20)36-26-16(2)7-6-8-17(26)3/h6-8,11-15,18,30H,5,9-10H2,1-4H3,(H,29,32). The second-order valence-corrected chi connectivity index (χ2v) is 11.7. The quantitative estimate of drug-likeness (QED) is 0.370. The molecule has 1 saturated carbocycles. The summed E-state index contributed by atoms with van der Waals surface area (Å²) in [5.74, 6) is 0.802. The van der Waals surface area contributed by atoms with Crippen LogP contribution in [-0.2, 0) is 16.9 Å². The zero-order valence-corrected chi connectivity index (χ0v) is 22.0. The van der Waals surface area contributed by atoms with Crippen molar-refractivity contribution >= 4 is 26.6 Å². The van der Waals surface area contributed by atoms with Crippen LogP contribution in [0.5, 0.6) is 11.5 Å². The Labute approximate surface area is 215 Å². The van der Waals surface area contributed by atoms with Crippen LogP contribution in [0.2, 0.25) is 0 Å². The van der Waals surface area contributed by atoms with Crippen LogP contribution in [0.3, 0.4) is 0 Å². The smallest absolute Gasteiger partial charge is 0.274 e. The van der Waals surface area contributed by atoms with E-state index in [2.05, 4.69) is 10.3 Å². The Balaban J connectivity index is 1.77. The third-order valence-electron chi connectivity index (χ3n) is 6.70. The van der Waals surface area contributed by atoms with Crippen LogP contribution in [0.1, 0.15) is 41.4 Å². The number of hydrogen-bond acceptors (Lipinski definition) is 5. The monoisotopic (exact) mass is 519 g/mol. The predicted molar refractivity (Wildman–Crippen MR) is 143 cm³/mol. The van der Waals surface area contributed by atoms with Crippen LogP contribution in [0.15, 0.2) is 58.4 Å². The fourth-order valence-corrected chi connectivity index (χ4v) is 6.23. The lowest BCUT2D eigenvalue weighted by atomic mass is 10.0. The van der Waals surface area contributed by atoms with Crippen LogP contribution in [0.4, 0.5) is 0 Å². The Bertz CT molecular complexity index is 1690. The van der Waals surface area contributed by atoms with E-state index in [0.29, 0.717) is 47.4 Å². The second kappa shape index (κ2) is 9.23. The Kier molecular flexibility index (Phi) is 6.19. The second-order valence-electron chi connectivity index (χ2n) is 9.52. The molecule has 4 aromatic rings. The molecule has 0 atom stereocenters. The zero-order valence-electron chi connectivity index (χ0n) is 21.2. The molecule has 2 N–H and O–H groups in total. The Morgan fingerprint density at radius 2 is 1.81 bits per heavy atom. The first-order valence-electron chi connectivity index (χ1n) is 12.2. The molecule has 0 saturated heterocycles. The van der Waals surface area contributed by atoms with Gasteiger partial charge in [0.25, 0.3) is 11.5 Å². The van der Waals surface area contributed by atoms with E-state index in [-0.39, 0.29) is 32.8 Å². The number of hydrogen-bond donors (Lipinski definition) is 2. The first-order valence-corrected chi connectivity index (χ1v) is 13.8. The summed E-state index contributed by atoms with van der Waals surface area (Å²) < 4.78 is 34.1. The van der Waals surface area contributed by atoms with E-state index in [1.165, 1.54) is 4.57 Å². The molecule has 0 spiro atoms. The maximum Gasteiger partial charge on any atom is 0.274 e. The van der Waals surface area contributed by atoms with Crippen LogP contribution in [0, 0.1) is 13.8 Å². The maximum atomic E-state index is 13.2. The number of fused-ring (bicyclic) bond motifs is 1. The number of rotatable bonds is 7.